The number of para-hydroxylation sites is 1. The number of phenols is 1. The lowest BCUT2D eigenvalue weighted by molar-refractivity contribution is -0.141. The lowest BCUT2D eigenvalue weighted by Gasteiger charge is -2.43. The van der Waals surface area contributed by atoms with Gasteiger partial charge < -0.3 is 60.0 Å². The first-order valence-electron chi connectivity index (χ1n) is 29.3. The Balaban J connectivity index is 0.614. The Morgan fingerprint density at radius 1 is 0.892 bits per heavy atom. The van der Waals surface area contributed by atoms with E-state index in [0.29, 0.717) is 61.1 Å². The summed E-state index contributed by atoms with van der Waals surface area (Å²) < 4.78 is 24.8. The Morgan fingerprint density at radius 3 is 2.39 bits per heavy atom. The van der Waals surface area contributed by atoms with Crippen molar-refractivity contribution in [3.63, 3.8) is 0 Å². The zero-order valence-electron chi connectivity index (χ0n) is 47.6. The number of pyridine rings is 1. The summed E-state index contributed by atoms with van der Waals surface area (Å²) in [4.78, 5) is 59.5. The van der Waals surface area contributed by atoms with Gasteiger partial charge in [-0.2, -0.15) is 0 Å². The summed E-state index contributed by atoms with van der Waals surface area (Å²) in [5.41, 5.74) is 14.2. The molecule has 0 radical (unpaired) electrons. The summed E-state index contributed by atoms with van der Waals surface area (Å²) in [5.74, 6) is -0.00144. The van der Waals surface area contributed by atoms with E-state index >= 15 is 0 Å². The molecule has 0 spiro atoms. The highest BCUT2D eigenvalue weighted by molar-refractivity contribution is 7.13. The zero-order chi connectivity index (χ0) is 57.7. The molecule has 440 valence electrons. The van der Waals surface area contributed by atoms with Crippen LogP contribution in [0.3, 0.4) is 0 Å². The number of aromatic nitrogens is 5. The van der Waals surface area contributed by atoms with Crippen LogP contribution in [0.15, 0.2) is 89.0 Å². The number of nitrogens with zero attached hydrogens (tertiary/aromatic N) is 9. The number of hydrogen-bond acceptors (Lipinski definition) is 19. The number of anilines is 3. The van der Waals surface area contributed by atoms with Crippen LogP contribution in [0.1, 0.15) is 107 Å². The fourth-order valence-electron chi connectivity index (χ4n) is 12.7. The molecule has 11 rings (SSSR count). The maximum Gasteiger partial charge on any atom is 0.254 e. The molecule has 5 fully saturated rings. The van der Waals surface area contributed by atoms with E-state index in [4.69, 9.17) is 24.5 Å². The van der Waals surface area contributed by atoms with Gasteiger partial charge in [-0.15, -0.1) is 21.5 Å². The third-order valence-electron chi connectivity index (χ3n) is 17.2. The first-order valence-corrected chi connectivity index (χ1v) is 30.2. The normalized spacial score (nSPS) is 22.6. The summed E-state index contributed by atoms with van der Waals surface area (Å²) in [5, 5.41) is 40.0. The van der Waals surface area contributed by atoms with Crippen LogP contribution in [0.2, 0.25) is 0 Å². The number of hydrogen-bond donors (Lipinski definition) is 5. The Bertz CT molecular complexity index is 3190. The number of carbonyl (C=O) groups excluding carboxylic acids is 3. The van der Waals surface area contributed by atoms with Gasteiger partial charge in [0.05, 0.1) is 51.8 Å². The number of benzene rings is 2. The van der Waals surface area contributed by atoms with Crippen LogP contribution >= 0.6 is 11.3 Å². The maximum atomic E-state index is 14.5. The van der Waals surface area contributed by atoms with E-state index in [9.17, 15) is 24.6 Å². The van der Waals surface area contributed by atoms with Gasteiger partial charge in [-0.25, -0.2) is 9.97 Å². The molecule has 6 N–H and O–H groups in total. The van der Waals surface area contributed by atoms with E-state index in [2.05, 4.69) is 62.8 Å². The number of aliphatic hydroxyl groups is 1. The van der Waals surface area contributed by atoms with Gasteiger partial charge in [0.2, 0.25) is 23.6 Å². The summed E-state index contributed by atoms with van der Waals surface area (Å²) >= 11 is 1.57. The highest BCUT2D eigenvalue weighted by atomic mass is 32.1. The van der Waals surface area contributed by atoms with Gasteiger partial charge in [0.25, 0.3) is 5.88 Å². The molecule has 6 aromatic rings. The van der Waals surface area contributed by atoms with Gasteiger partial charge in [0.1, 0.15) is 30.4 Å². The third kappa shape index (κ3) is 13.2. The van der Waals surface area contributed by atoms with Crippen molar-refractivity contribution >= 4 is 46.3 Å². The minimum Gasteiger partial charge on any atom is -0.507 e. The van der Waals surface area contributed by atoms with Crippen molar-refractivity contribution < 1.29 is 43.3 Å². The van der Waals surface area contributed by atoms with Crippen LogP contribution in [0.4, 0.5) is 17.2 Å². The highest BCUT2D eigenvalue weighted by Crippen LogP contribution is 2.41. The molecule has 4 aromatic heterocycles. The van der Waals surface area contributed by atoms with Crippen molar-refractivity contribution in [3.05, 3.63) is 102 Å². The molecule has 1 aliphatic carbocycles. The number of β-amino-alcohol motifs (C(OH)–C–C–N with tert-alkyl or cyclic N) is 1. The summed E-state index contributed by atoms with van der Waals surface area (Å²) in [6.07, 6.45) is 8.34. The number of piperidine rings is 1. The quantitative estimate of drug-likeness (QED) is 0.0456. The molecule has 3 amide bonds. The van der Waals surface area contributed by atoms with E-state index in [1.54, 1.807) is 36.6 Å². The Hall–Kier alpha value is -7.40. The molecule has 8 heterocycles. The number of ether oxygens (including phenoxy) is 3. The number of rotatable bonds is 22. The lowest BCUT2D eigenvalue weighted by atomic mass is 9.91. The smallest absolute Gasteiger partial charge is 0.254 e. The van der Waals surface area contributed by atoms with Crippen molar-refractivity contribution in [2.45, 2.75) is 139 Å². The van der Waals surface area contributed by atoms with Gasteiger partial charge in [0.15, 0.2) is 11.6 Å². The standard InChI is InChI=1S/C61H76N12O9S/c1-36(2)57(61(78)72-34-43(74)27-51(72)60(77)66-48(9-7-11-54(76)63-4)38-12-14-39(15-13-38)58-37(3)65-35-83-58)53-31-56(69-82-53)79-25-24-70-22-19-44(20-23-70)80-45-28-46(29-45)81-55-26-40(18-21-64-55)73-41-16-17-42(73)33-71(32-41)50-30-49(67-68-59(50)62)47-8-5-6-10-52(47)75/h5-6,8,10,12-15,18,21,26,30-31,35-36,41-46,48,51,57,74-75H,7,9,11,16-17,19-20,22-25,27-29,32-34H2,1-4H3,(H2,62,68)(H,63,76)(H,66,77)/t41-,42?,43-,45?,46?,48+,51+,57-/m1/s1. The first kappa shape index (κ1) is 57.4. The fraction of sp³-hybridized carbons (Fsp3) is 0.508. The Morgan fingerprint density at radius 2 is 1.66 bits per heavy atom. The predicted molar refractivity (Wildman–Crippen MR) is 314 cm³/mol. The molecular formula is C61H76N12O9S. The number of fused-ring (bicyclic) bond motifs is 2. The molecule has 83 heavy (non-hydrogen) atoms. The molecule has 21 nitrogen and oxygen atoms in total. The van der Waals surface area contributed by atoms with Crippen molar-refractivity contribution in [1.82, 2.24) is 45.8 Å². The maximum absolute atomic E-state index is 14.5. The number of nitrogens with one attached hydrogen (secondary N) is 2. The van der Waals surface area contributed by atoms with E-state index in [-0.39, 0.29) is 78.6 Å². The number of likely N-dealkylation sites (tertiary alicyclic amines) is 2. The molecule has 6 atom stereocenters. The van der Waals surface area contributed by atoms with E-state index in [0.717, 1.165) is 97.8 Å². The number of phenolic OH excluding ortho intramolecular Hbond substituents is 1. The van der Waals surface area contributed by atoms with Crippen LogP contribution in [0.25, 0.3) is 21.7 Å². The minimum atomic E-state index is -0.914. The molecule has 2 bridgehead atoms. The molecular weight excluding hydrogens is 1080 g/mol. The third-order valence-corrected chi connectivity index (χ3v) is 18.1. The number of aromatic hydroxyl groups is 1. The van der Waals surface area contributed by atoms with Crippen molar-refractivity contribution in [2.75, 3.05) is 68.5 Å². The Labute approximate surface area is 487 Å². The van der Waals surface area contributed by atoms with Gasteiger partial charge >= 0.3 is 0 Å². The summed E-state index contributed by atoms with van der Waals surface area (Å²) in [6, 6.07) is 22.1. The van der Waals surface area contributed by atoms with Crippen LogP contribution in [0, 0.1) is 12.8 Å². The molecule has 1 saturated carbocycles. The second-order valence-electron chi connectivity index (χ2n) is 23.1. The number of nitrogen functional groups attached to an aromatic ring is 1. The molecule has 2 aromatic carbocycles. The number of amides is 3. The summed E-state index contributed by atoms with van der Waals surface area (Å²) in [6.45, 7) is 10.2. The second-order valence-corrected chi connectivity index (χ2v) is 24.0. The van der Waals surface area contributed by atoms with Gasteiger partial charge in [-0.05, 0) is 91.9 Å². The average Bonchev–Trinajstić information content (AvgIpc) is 3.04. The number of thiazole rings is 1. The fourth-order valence-corrected chi connectivity index (χ4v) is 13.5. The second kappa shape index (κ2) is 25.6. The number of aliphatic hydroxyl groups excluding tert-OH is 1. The van der Waals surface area contributed by atoms with E-state index < -0.39 is 24.1 Å². The molecule has 4 saturated heterocycles. The van der Waals surface area contributed by atoms with Crippen molar-refractivity contribution in [1.29, 1.82) is 0 Å². The van der Waals surface area contributed by atoms with E-state index in [1.807, 2.05) is 74.9 Å². The minimum absolute atomic E-state index is 0.00419. The van der Waals surface area contributed by atoms with Gasteiger partial charge in [0, 0.05) is 114 Å². The molecule has 22 heteroatoms. The monoisotopic (exact) mass is 1150 g/mol. The topological polar surface area (TPSA) is 260 Å². The van der Waals surface area contributed by atoms with Crippen LogP contribution < -0.4 is 35.6 Å². The molecule has 5 aliphatic rings. The largest absolute Gasteiger partial charge is 0.507 e. The average molecular weight is 1150 g/mol. The van der Waals surface area contributed by atoms with Gasteiger partial charge in [-0.1, -0.05) is 50.2 Å². The van der Waals surface area contributed by atoms with Crippen LogP contribution in [-0.2, 0) is 19.1 Å². The number of nitrogens with two attached hydrogens (primary N) is 1. The number of carbonyl (C=O) groups is 3. The number of piperazine rings is 1. The van der Waals surface area contributed by atoms with Crippen molar-refractivity contribution in [3.8, 4) is 39.2 Å². The lowest BCUT2D eigenvalue weighted by Crippen LogP contribution is -2.54. The molecule has 4 aliphatic heterocycles. The molecule has 1 unspecified atom stereocenters. The number of aryl methyl sites for hydroxylation is 1. The highest BCUT2D eigenvalue weighted by Gasteiger charge is 2.45. The summed E-state index contributed by atoms with van der Waals surface area (Å²) in [7, 11) is 1.60. The van der Waals surface area contributed by atoms with Gasteiger partial charge in [-0.3, -0.25) is 19.3 Å². The SMILES string of the molecule is CNC(=O)CCC[C@H](NC(=O)[C@@H]1C[C@@H](O)CN1C(=O)[C@@H](c1cc(OCCN2CCC(OC3CC(Oc4cc(N5C6CC[C@@H]5CN(c5cc(-c7ccccc7O)nnc5N)C6)ccn4)C3)CC2)no1)C(C)C)c1ccc(-c2scnc2C)cc1. The Kier molecular flexibility index (Phi) is 17.7. The van der Waals surface area contributed by atoms with Crippen molar-refractivity contribution in [2.24, 2.45) is 5.92 Å². The van der Waals surface area contributed by atoms with Crippen LogP contribution in [0.5, 0.6) is 17.5 Å². The predicted octanol–water partition coefficient (Wildman–Crippen LogP) is 7.05. The zero-order valence-corrected chi connectivity index (χ0v) is 48.5. The van der Waals surface area contributed by atoms with E-state index in [1.165, 1.54) is 4.90 Å². The van der Waals surface area contributed by atoms with Crippen LogP contribution in [-0.4, -0.2) is 159 Å². The first-order chi connectivity index (χ1) is 40.2.